The molecule has 3 nitrogen and oxygen atoms in total. The lowest BCUT2D eigenvalue weighted by atomic mass is 10.0. The number of rotatable bonds is 5. The first-order valence-corrected chi connectivity index (χ1v) is 8.16. The van der Waals surface area contributed by atoms with Gasteiger partial charge in [-0.15, -0.1) is 0 Å². The van der Waals surface area contributed by atoms with Crippen LogP contribution in [0.1, 0.15) is 28.4 Å². The highest BCUT2D eigenvalue weighted by Crippen LogP contribution is 2.20. The van der Waals surface area contributed by atoms with Crippen LogP contribution in [0.2, 0.25) is 0 Å². The Morgan fingerprint density at radius 2 is 1.95 bits per heavy atom. The molecule has 0 aliphatic heterocycles. The van der Waals surface area contributed by atoms with Crippen LogP contribution in [0.4, 0.5) is 0 Å². The molecule has 2 N–H and O–H groups in total. The third kappa shape index (κ3) is 3.18. The van der Waals surface area contributed by atoms with Gasteiger partial charge in [0.1, 0.15) is 0 Å². The van der Waals surface area contributed by atoms with Gasteiger partial charge in [0.05, 0.1) is 6.10 Å². The molecule has 0 radical (unpaired) electrons. The highest BCUT2D eigenvalue weighted by Gasteiger charge is 2.11. The van der Waals surface area contributed by atoms with Crippen LogP contribution in [-0.4, -0.2) is 17.6 Å². The molecule has 0 spiro atoms. The molecular weight excluding hydrogens is 294 g/mol. The van der Waals surface area contributed by atoms with E-state index in [1.54, 1.807) is 11.3 Å². The molecule has 1 atom stereocenters. The predicted octanol–water partition coefficient (Wildman–Crippen LogP) is 3.75. The molecular formula is C18H17NO2S. The second kappa shape index (κ2) is 6.73. The van der Waals surface area contributed by atoms with Crippen LogP contribution < -0.4 is 5.32 Å². The van der Waals surface area contributed by atoms with Crippen LogP contribution in [0.5, 0.6) is 0 Å². The minimum atomic E-state index is -0.529. The highest BCUT2D eigenvalue weighted by atomic mass is 32.1. The Bertz CT molecular complexity index is 762. The first kappa shape index (κ1) is 14.8. The molecule has 3 rings (SSSR count). The van der Waals surface area contributed by atoms with E-state index in [9.17, 15) is 9.90 Å². The van der Waals surface area contributed by atoms with Crippen LogP contribution >= 0.6 is 11.3 Å². The van der Waals surface area contributed by atoms with Gasteiger partial charge in [-0.3, -0.25) is 4.79 Å². The van der Waals surface area contributed by atoms with Gasteiger partial charge in [-0.2, -0.15) is 11.3 Å². The molecule has 0 saturated heterocycles. The molecule has 0 bridgehead atoms. The van der Waals surface area contributed by atoms with Gasteiger partial charge in [-0.1, -0.05) is 36.4 Å². The lowest BCUT2D eigenvalue weighted by Gasteiger charge is -2.11. The van der Waals surface area contributed by atoms with Crippen molar-refractivity contribution in [3.63, 3.8) is 0 Å². The van der Waals surface area contributed by atoms with Crippen LogP contribution in [0.25, 0.3) is 10.8 Å². The number of carbonyl (C=O) groups is 1. The summed E-state index contributed by atoms with van der Waals surface area (Å²) in [4.78, 5) is 12.3. The van der Waals surface area contributed by atoms with Gasteiger partial charge >= 0.3 is 0 Å². The first-order chi connectivity index (χ1) is 10.8. The van der Waals surface area contributed by atoms with Crippen molar-refractivity contribution < 1.29 is 9.90 Å². The summed E-state index contributed by atoms with van der Waals surface area (Å²) in [5, 5.41) is 18.8. The molecule has 0 fully saturated rings. The second-order valence-corrected chi connectivity index (χ2v) is 5.92. The smallest absolute Gasteiger partial charge is 0.251 e. The molecule has 112 valence electrons. The van der Waals surface area contributed by atoms with E-state index in [0.29, 0.717) is 18.5 Å². The number of aliphatic hydroxyl groups excluding tert-OH is 1. The minimum absolute atomic E-state index is 0.102. The zero-order valence-electron chi connectivity index (χ0n) is 12.0. The van der Waals surface area contributed by atoms with Crippen LogP contribution in [0.3, 0.4) is 0 Å². The maximum Gasteiger partial charge on any atom is 0.251 e. The molecule has 4 heteroatoms. The number of benzene rings is 2. The van der Waals surface area contributed by atoms with Gasteiger partial charge in [-0.05, 0) is 45.6 Å². The van der Waals surface area contributed by atoms with E-state index >= 15 is 0 Å². The molecule has 0 saturated carbocycles. The fourth-order valence-electron chi connectivity index (χ4n) is 2.47. The van der Waals surface area contributed by atoms with Crippen molar-refractivity contribution in [3.05, 3.63) is 70.4 Å². The number of hydrogen-bond donors (Lipinski definition) is 2. The predicted molar refractivity (Wildman–Crippen MR) is 90.2 cm³/mol. The Kier molecular flexibility index (Phi) is 4.51. The number of thiophene rings is 1. The fraction of sp³-hybridized carbons (Fsp3) is 0.167. The third-order valence-electron chi connectivity index (χ3n) is 3.67. The average molecular weight is 311 g/mol. The molecule has 2 aromatic carbocycles. The third-order valence-corrected chi connectivity index (χ3v) is 4.37. The minimum Gasteiger partial charge on any atom is -0.388 e. The van der Waals surface area contributed by atoms with E-state index < -0.39 is 6.10 Å². The van der Waals surface area contributed by atoms with Crippen molar-refractivity contribution in [1.82, 2.24) is 5.32 Å². The summed E-state index contributed by atoms with van der Waals surface area (Å²) in [7, 11) is 0. The molecule has 1 heterocycles. The van der Waals surface area contributed by atoms with Crippen molar-refractivity contribution in [2.75, 3.05) is 6.54 Å². The van der Waals surface area contributed by atoms with Crippen LogP contribution in [0.15, 0.2) is 59.3 Å². The maximum atomic E-state index is 12.3. The van der Waals surface area contributed by atoms with E-state index in [-0.39, 0.29) is 5.91 Å². The number of nitrogens with one attached hydrogen (secondary N) is 1. The number of amides is 1. The molecule has 3 aromatic rings. The molecule has 1 amide bonds. The quantitative estimate of drug-likeness (QED) is 0.754. The Labute approximate surface area is 133 Å². The number of fused-ring (bicyclic) bond motifs is 1. The molecule has 22 heavy (non-hydrogen) atoms. The van der Waals surface area contributed by atoms with Crippen molar-refractivity contribution in [3.8, 4) is 0 Å². The Morgan fingerprint density at radius 3 is 2.77 bits per heavy atom. The van der Waals surface area contributed by atoms with Crippen molar-refractivity contribution in [2.24, 2.45) is 0 Å². The number of hydrogen-bond acceptors (Lipinski definition) is 3. The van der Waals surface area contributed by atoms with E-state index in [2.05, 4.69) is 5.32 Å². The SMILES string of the molecule is O=C(NCCC(O)c1ccsc1)c1cccc2ccccc12. The van der Waals surface area contributed by atoms with E-state index in [1.165, 1.54) is 0 Å². The maximum absolute atomic E-state index is 12.3. The van der Waals surface area contributed by atoms with Gasteiger partial charge in [0.15, 0.2) is 0 Å². The normalized spacial score (nSPS) is 12.2. The average Bonchev–Trinajstić information content (AvgIpc) is 3.08. The largest absolute Gasteiger partial charge is 0.388 e. The zero-order chi connectivity index (χ0) is 15.4. The number of aliphatic hydroxyl groups is 1. The summed E-state index contributed by atoms with van der Waals surface area (Å²) in [5.41, 5.74) is 1.58. The van der Waals surface area contributed by atoms with Gasteiger partial charge in [0.25, 0.3) is 5.91 Å². The lowest BCUT2D eigenvalue weighted by Crippen LogP contribution is -2.25. The van der Waals surface area contributed by atoms with E-state index in [0.717, 1.165) is 16.3 Å². The molecule has 1 unspecified atom stereocenters. The van der Waals surface area contributed by atoms with E-state index in [4.69, 9.17) is 0 Å². The van der Waals surface area contributed by atoms with Gasteiger partial charge in [0.2, 0.25) is 0 Å². The zero-order valence-corrected chi connectivity index (χ0v) is 12.8. The standard InChI is InChI=1S/C18H17NO2S/c20-17(14-9-11-22-12-14)8-10-19-18(21)16-7-3-5-13-4-1-2-6-15(13)16/h1-7,9,11-12,17,20H,8,10H2,(H,19,21). The monoisotopic (exact) mass is 311 g/mol. The molecule has 0 aliphatic rings. The van der Waals surface area contributed by atoms with Crippen molar-refractivity contribution >= 4 is 28.0 Å². The summed E-state index contributed by atoms with van der Waals surface area (Å²) < 4.78 is 0. The van der Waals surface area contributed by atoms with Crippen LogP contribution in [-0.2, 0) is 0 Å². The lowest BCUT2D eigenvalue weighted by molar-refractivity contribution is 0.0944. The summed E-state index contributed by atoms with van der Waals surface area (Å²) >= 11 is 1.56. The summed E-state index contributed by atoms with van der Waals surface area (Å²) in [6.45, 7) is 0.444. The highest BCUT2D eigenvalue weighted by molar-refractivity contribution is 7.07. The van der Waals surface area contributed by atoms with E-state index in [1.807, 2.05) is 59.3 Å². The Hall–Kier alpha value is -2.17. The van der Waals surface area contributed by atoms with Gasteiger partial charge in [0, 0.05) is 12.1 Å². The second-order valence-electron chi connectivity index (χ2n) is 5.14. The van der Waals surface area contributed by atoms with Crippen LogP contribution in [0, 0.1) is 0 Å². The Morgan fingerprint density at radius 1 is 1.14 bits per heavy atom. The summed E-state index contributed by atoms with van der Waals surface area (Å²) in [5.74, 6) is -0.102. The van der Waals surface area contributed by atoms with Gasteiger partial charge in [-0.25, -0.2) is 0 Å². The van der Waals surface area contributed by atoms with Gasteiger partial charge < -0.3 is 10.4 Å². The topological polar surface area (TPSA) is 49.3 Å². The molecule has 1 aromatic heterocycles. The first-order valence-electron chi connectivity index (χ1n) is 7.22. The Balaban J connectivity index is 1.64. The molecule has 0 aliphatic carbocycles. The van der Waals surface area contributed by atoms with Crippen molar-refractivity contribution in [2.45, 2.75) is 12.5 Å². The van der Waals surface area contributed by atoms with Crippen molar-refractivity contribution in [1.29, 1.82) is 0 Å². The number of carbonyl (C=O) groups excluding carboxylic acids is 1. The summed E-state index contributed by atoms with van der Waals surface area (Å²) in [6.07, 6.45) is -0.0215. The fourth-order valence-corrected chi connectivity index (χ4v) is 3.18. The summed E-state index contributed by atoms with van der Waals surface area (Å²) in [6, 6.07) is 15.4.